The molecule has 0 unspecified atom stereocenters. The first-order valence-corrected chi connectivity index (χ1v) is 6.36. The summed E-state index contributed by atoms with van der Waals surface area (Å²) in [6.07, 6.45) is 0. The number of hydrogen-bond acceptors (Lipinski definition) is 2. The molecule has 3 nitrogen and oxygen atoms in total. The van der Waals surface area contributed by atoms with Gasteiger partial charge in [-0.2, -0.15) is 0 Å². The minimum Gasteiger partial charge on any atom is -0.399 e. The summed E-state index contributed by atoms with van der Waals surface area (Å²) in [6.45, 7) is 5.59. The molecule has 3 N–H and O–H groups in total. The van der Waals surface area contributed by atoms with E-state index < -0.39 is 5.41 Å². The Morgan fingerprint density at radius 2 is 1.69 bits per heavy atom. The molecule has 0 heterocycles. The summed E-state index contributed by atoms with van der Waals surface area (Å²) in [5.41, 5.74) is 6.58. The molecule has 0 saturated heterocycles. The highest BCUT2D eigenvalue weighted by molar-refractivity contribution is 9.11. The third-order valence-corrected chi connectivity index (χ3v) is 3.23. The fourth-order valence-corrected chi connectivity index (χ4v) is 2.43. The predicted octanol–water partition coefficient (Wildman–Crippen LogP) is 3.78. The SMILES string of the molecule is CC(C)(C)C(=O)Nc1c(Br)cc(N)cc1Br. The first-order chi connectivity index (χ1) is 7.21. The van der Waals surface area contributed by atoms with Crippen LogP contribution < -0.4 is 11.1 Å². The smallest absolute Gasteiger partial charge is 0.229 e. The summed E-state index contributed by atoms with van der Waals surface area (Å²) >= 11 is 6.74. The van der Waals surface area contributed by atoms with E-state index in [-0.39, 0.29) is 5.91 Å². The number of nitrogens with one attached hydrogen (secondary N) is 1. The molecule has 88 valence electrons. The number of carbonyl (C=O) groups is 1. The summed E-state index contributed by atoms with van der Waals surface area (Å²) in [5.74, 6) is -0.0429. The molecule has 16 heavy (non-hydrogen) atoms. The maximum Gasteiger partial charge on any atom is 0.229 e. The van der Waals surface area contributed by atoms with Gasteiger partial charge < -0.3 is 11.1 Å². The van der Waals surface area contributed by atoms with Gasteiger partial charge in [0.05, 0.1) is 5.69 Å². The van der Waals surface area contributed by atoms with Crippen molar-refractivity contribution in [3.8, 4) is 0 Å². The zero-order chi connectivity index (χ0) is 12.5. The van der Waals surface area contributed by atoms with Crippen LogP contribution in [0.2, 0.25) is 0 Å². The standard InChI is InChI=1S/C11H14Br2N2O/c1-11(2,3)10(16)15-9-7(12)4-6(14)5-8(9)13/h4-5H,14H2,1-3H3,(H,15,16). The quantitative estimate of drug-likeness (QED) is 0.758. The van der Waals surface area contributed by atoms with Crippen molar-refractivity contribution in [3.05, 3.63) is 21.1 Å². The topological polar surface area (TPSA) is 55.1 Å². The average molecular weight is 350 g/mol. The largest absolute Gasteiger partial charge is 0.399 e. The number of carbonyl (C=O) groups excluding carboxylic acids is 1. The maximum absolute atomic E-state index is 11.8. The molecule has 1 aromatic rings. The van der Waals surface area contributed by atoms with Crippen LogP contribution in [0.15, 0.2) is 21.1 Å². The van der Waals surface area contributed by atoms with E-state index in [0.717, 1.165) is 8.95 Å². The Labute approximate surface area is 112 Å². The van der Waals surface area contributed by atoms with Gasteiger partial charge in [0.25, 0.3) is 0 Å². The number of nitrogens with two attached hydrogens (primary N) is 1. The lowest BCUT2D eigenvalue weighted by Crippen LogP contribution is -2.27. The molecule has 0 aliphatic heterocycles. The van der Waals surface area contributed by atoms with E-state index in [9.17, 15) is 4.79 Å². The Kier molecular flexibility index (Phi) is 4.02. The van der Waals surface area contributed by atoms with Crippen LogP contribution in [-0.2, 0) is 4.79 Å². The minimum atomic E-state index is -0.430. The summed E-state index contributed by atoms with van der Waals surface area (Å²) < 4.78 is 1.52. The van der Waals surface area contributed by atoms with Crippen molar-refractivity contribution >= 4 is 49.1 Å². The molecule has 0 saturated carbocycles. The molecule has 1 amide bonds. The molecule has 0 atom stereocenters. The van der Waals surface area contributed by atoms with Crippen LogP contribution in [0.5, 0.6) is 0 Å². The fraction of sp³-hybridized carbons (Fsp3) is 0.364. The van der Waals surface area contributed by atoms with E-state index in [2.05, 4.69) is 37.2 Å². The molecule has 0 aromatic heterocycles. The van der Waals surface area contributed by atoms with Crippen molar-refractivity contribution < 1.29 is 4.79 Å². The van der Waals surface area contributed by atoms with E-state index in [1.54, 1.807) is 12.1 Å². The van der Waals surface area contributed by atoms with Gasteiger partial charge in [-0.25, -0.2) is 0 Å². The second-order valence-electron chi connectivity index (χ2n) is 4.56. The van der Waals surface area contributed by atoms with E-state index in [1.165, 1.54) is 0 Å². The van der Waals surface area contributed by atoms with Crippen LogP contribution in [0.4, 0.5) is 11.4 Å². The van der Waals surface area contributed by atoms with Crippen molar-refractivity contribution in [2.75, 3.05) is 11.1 Å². The first-order valence-electron chi connectivity index (χ1n) is 4.78. The molecule has 0 radical (unpaired) electrons. The highest BCUT2D eigenvalue weighted by atomic mass is 79.9. The summed E-state index contributed by atoms with van der Waals surface area (Å²) in [5, 5.41) is 2.86. The van der Waals surface area contributed by atoms with Gasteiger partial charge >= 0.3 is 0 Å². The van der Waals surface area contributed by atoms with Gasteiger partial charge in [0.1, 0.15) is 0 Å². The van der Waals surface area contributed by atoms with Gasteiger partial charge in [-0.05, 0) is 44.0 Å². The van der Waals surface area contributed by atoms with Crippen molar-refractivity contribution in [2.24, 2.45) is 5.41 Å². The lowest BCUT2D eigenvalue weighted by molar-refractivity contribution is -0.123. The monoisotopic (exact) mass is 348 g/mol. The number of amides is 1. The van der Waals surface area contributed by atoms with Gasteiger partial charge in [-0.1, -0.05) is 20.8 Å². The van der Waals surface area contributed by atoms with Gasteiger partial charge in [-0.15, -0.1) is 0 Å². The van der Waals surface area contributed by atoms with E-state index in [0.29, 0.717) is 11.4 Å². The number of anilines is 2. The number of benzene rings is 1. The Balaban J connectivity index is 3.03. The zero-order valence-electron chi connectivity index (χ0n) is 9.40. The molecular formula is C11H14Br2N2O. The molecule has 0 spiro atoms. The normalized spacial score (nSPS) is 11.3. The van der Waals surface area contributed by atoms with Crippen LogP contribution in [0.1, 0.15) is 20.8 Å². The van der Waals surface area contributed by atoms with Crippen molar-refractivity contribution in [1.29, 1.82) is 0 Å². The van der Waals surface area contributed by atoms with E-state index in [1.807, 2.05) is 20.8 Å². The molecule has 0 aliphatic rings. The molecule has 0 bridgehead atoms. The van der Waals surface area contributed by atoms with Gasteiger partial charge in [0.2, 0.25) is 5.91 Å². The highest BCUT2D eigenvalue weighted by Crippen LogP contribution is 2.34. The first kappa shape index (κ1) is 13.5. The second kappa shape index (κ2) is 4.75. The Hall–Kier alpha value is -0.550. The molecule has 0 aliphatic carbocycles. The number of hydrogen-bond donors (Lipinski definition) is 2. The third-order valence-electron chi connectivity index (χ3n) is 1.98. The third kappa shape index (κ3) is 3.22. The van der Waals surface area contributed by atoms with Gasteiger partial charge in [0, 0.05) is 20.0 Å². The average Bonchev–Trinajstić information content (AvgIpc) is 2.08. The Morgan fingerprint density at radius 3 is 2.06 bits per heavy atom. The van der Waals surface area contributed by atoms with Crippen LogP contribution in [0.25, 0.3) is 0 Å². The van der Waals surface area contributed by atoms with Crippen LogP contribution >= 0.6 is 31.9 Å². The predicted molar refractivity (Wildman–Crippen MR) is 74.3 cm³/mol. The maximum atomic E-state index is 11.8. The lowest BCUT2D eigenvalue weighted by atomic mass is 9.95. The van der Waals surface area contributed by atoms with Crippen LogP contribution in [0, 0.1) is 5.41 Å². The van der Waals surface area contributed by atoms with Crippen molar-refractivity contribution in [3.63, 3.8) is 0 Å². The molecule has 0 fully saturated rings. The zero-order valence-corrected chi connectivity index (χ0v) is 12.6. The van der Waals surface area contributed by atoms with Gasteiger partial charge in [-0.3, -0.25) is 4.79 Å². The highest BCUT2D eigenvalue weighted by Gasteiger charge is 2.22. The van der Waals surface area contributed by atoms with Crippen molar-refractivity contribution in [2.45, 2.75) is 20.8 Å². The number of nitrogen functional groups attached to an aromatic ring is 1. The Morgan fingerprint density at radius 1 is 1.25 bits per heavy atom. The van der Waals surface area contributed by atoms with Crippen LogP contribution in [-0.4, -0.2) is 5.91 Å². The number of halogens is 2. The summed E-state index contributed by atoms with van der Waals surface area (Å²) in [6, 6.07) is 3.51. The number of rotatable bonds is 1. The summed E-state index contributed by atoms with van der Waals surface area (Å²) in [7, 11) is 0. The second-order valence-corrected chi connectivity index (χ2v) is 6.27. The molecule has 5 heteroatoms. The van der Waals surface area contributed by atoms with E-state index in [4.69, 9.17) is 5.73 Å². The molecule has 1 aromatic carbocycles. The minimum absolute atomic E-state index is 0.0429. The molecule has 1 rings (SSSR count). The lowest BCUT2D eigenvalue weighted by Gasteiger charge is -2.19. The summed E-state index contributed by atoms with van der Waals surface area (Å²) in [4.78, 5) is 11.8. The Bertz CT molecular complexity index is 401. The van der Waals surface area contributed by atoms with E-state index >= 15 is 0 Å². The fourth-order valence-electron chi connectivity index (χ4n) is 1.01. The van der Waals surface area contributed by atoms with Gasteiger partial charge in [0.15, 0.2) is 0 Å². The molecular weight excluding hydrogens is 336 g/mol. The van der Waals surface area contributed by atoms with Crippen LogP contribution in [0.3, 0.4) is 0 Å². The van der Waals surface area contributed by atoms with Crippen molar-refractivity contribution in [1.82, 2.24) is 0 Å².